The van der Waals surface area contributed by atoms with E-state index in [1.165, 1.54) is 16.7 Å². The Balaban J connectivity index is 2.12. The summed E-state index contributed by atoms with van der Waals surface area (Å²) in [6, 6.07) is 9.40. The van der Waals surface area contributed by atoms with E-state index in [1.54, 1.807) is 7.05 Å². The molecule has 1 heterocycles. The van der Waals surface area contributed by atoms with E-state index < -0.39 is 10.0 Å². The normalized spacial score (nSPS) is 13.4. The highest BCUT2D eigenvalue weighted by Gasteiger charge is 2.22. The molecule has 0 fully saturated rings. The highest BCUT2D eigenvalue weighted by atomic mass is 32.2. The fraction of sp³-hybridized carbons (Fsp3) is 0.412. The van der Waals surface area contributed by atoms with Crippen LogP contribution in [0, 0.1) is 5.92 Å². The van der Waals surface area contributed by atoms with Crippen LogP contribution < -0.4 is 5.73 Å². The Morgan fingerprint density at radius 1 is 1.12 bits per heavy atom. The third-order valence-electron chi connectivity index (χ3n) is 4.00. The molecule has 1 atom stereocenters. The molecule has 24 heavy (non-hydrogen) atoms. The minimum absolute atomic E-state index is 0.0284. The van der Waals surface area contributed by atoms with Gasteiger partial charge in [0.2, 0.25) is 10.0 Å². The summed E-state index contributed by atoms with van der Waals surface area (Å²) in [6.07, 6.45) is 3.31. The standard InChI is InChI=1S/C17H24N4O2S/c1-13(2)16(18)9-10-21(3)24(22,23)15-11-19-17(20-12-15)14-7-5-4-6-8-14/h4-8,11-13,16H,9-10,18H2,1-3H3. The number of aromatic nitrogens is 2. The van der Waals surface area contributed by atoms with Gasteiger partial charge in [-0.1, -0.05) is 44.2 Å². The van der Waals surface area contributed by atoms with Gasteiger partial charge in [-0.2, -0.15) is 0 Å². The molecule has 7 heteroatoms. The monoisotopic (exact) mass is 348 g/mol. The fourth-order valence-corrected chi connectivity index (χ4v) is 3.23. The quantitative estimate of drug-likeness (QED) is 0.828. The molecule has 2 aromatic rings. The molecule has 1 unspecified atom stereocenters. The Kier molecular flexibility index (Phi) is 6.04. The molecule has 130 valence electrons. The van der Waals surface area contributed by atoms with Crippen molar-refractivity contribution >= 4 is 10.0 Å². The molecular formula is C17H24N4O2S. The van der Waals surface area contributed by atoms with Crippen molar-refractivity contribution in [3.8, 4) is 11.4 Å². The largest absolute Gasteiger partial charge is 0.327 e. The molecule has 0 amide bonds. The average molecular weight is 348 g/mol. The van der Waals surface area contributed by atoms with Gasteiger partial charge in [-0.15, -0.1) is 0 Å². The van der Waals surface area contributed by atoms with Gasteiger partial charge >= 0.3 is 0 Å². The van der Waals surface area contributed by atoms with Crippen molar-refractivity contribution in [2.24, 2.45) is 11.7 Å². The zero-order valence-corrected chi connectivity index (χ0v) is 15.1. The van der Waals surface area contributed by atoms with Gasteiger partial charge in [0.1, 0.15) is 4.90 Å². The number of nitrogens with zero attached hydrogens (tertiary/aromatic N) is 3. The number of hydrogen-bond acceptors (Lipinski definition) is 5. The summed E-state index contributed by atoms with van der Waals surface area (Å²) in [5.41, 5.74) is 6.83. The molecule has 0 bridgehead atoms. The van der Waals surface area contributed by atoms with Crippen molar-refractivity contribution in [2.45, 2.75) is 31.2 Å². The maximum atomic E-state index is 12.6. The van der Waals surface area contributed by atoms with E-state index in [0.717, 1.165) is 5.56 Å². The van der Waals surface area contributed by atoms with Gasteiger partial charge in [-0.25, -0.2) is 22.7 Å². The van der Waals surface area contributed by atoms with E-state index in [4.69, 9.17) is 5.73 Å². The average Bonchev–Trinajstić information content (AvgIpc) is 2.60. The van der Waals surface area contributed by atoms with Crippen LogP contribution in [0.1, 0.15) is 20.3 Å². The van der Waals surface area contributed by atoms with Crippen LogP contribution in [-0.4, -0.2) is 42.3 Å². The van der Waals surface area contributed by atoms with E-state index in [9.17, 15) is 8.42 Å². The highest BCUT2D eigenvalue weighted by molar-refractivity contribution is 7.89. The Morgan fingerprint density at radius 2 is 1.71 bits per heavy atom. The maximum absolute atomic E-state index is 12.6. The smallest absolute Gasteiger partial charge is 0.245 e. The van der Waals surface area contributed by atoms with Gasteiger partial charge in [-0.05, 0) is 12.3 Å². The molecular weight excluding hydrogens is 324 g/mol. The summed E-state index contributed by atoms with van der Waals surface area (Å²) >= 11 is 0. The lowest BCUT2D eigenvalue weighted by molar-refractivity contribution is 0.397. The van der Waals surface area contributed by atoms with Crippen LogP contribution in [0.4, 0.5) is 0 Å². The highest BCUT2D eigenvalue weighted by Crippen LogP contribution is 2.17. The first-order chi connectivity index (χ1) is 11.3. The maximum Gasteiger partial charge on any atom is 0.245 e. The van der Waals surface area contributed by atoms with Gasteiger partial charge < -0.3 is 5.73 Å². The number of hydrogen-bond donors (Lipinski definition) is 1. The second-order valence-electron chi connectivity index (χ2n) is 6.13. The first-order valence-electron chi connectivity index (χ1n) is 7.91. The lowest BCUT2D eigenvalue weighted by Gasteiger charge is -2.21. The Bertz CT molecular complexity index is 746. The fourth-order valence-electron chi connectivity index (χ4n) is 2.15. The molecule has 1 aromatic carbocycles. The summed E-state index contributed by atoms with van der Waals surface area (Å²) in [5.74, 6) is 0.814. The van der Waals surface area contributed by atoms with Crippen LogP contribution in [0.2, 0.25) is 0 Å². The molecule has 1 aromatic heterocycles. The Morgan fingerprint density at radius 3 is 2.25 bits per heavy atom. The molecule has 0 saturated heterocycles. The lowest BCUT2D eigenvalue weighted by Crippen LogP contribution is -2.34. The molecule has 0 saturated carbocycles. The van der Waals surface area contributed by atoms with E-state index in [1.807, 2.05) is 44.2 Å². The van der Waals surface area contributed by atoms with Crippen LogP contribution in [0.5, 0.6) is 0 Å². The summed E-state index contributed by atoms with van der Waals surface area (Å²) in [7, 11) is -2.06. The minimum Gasteiger partial charge on any atom is -0.327 e. The van der Waals surface area contributed by atoms with Crippen LogP contribution in [0.3, 0.4) is 0 Å². The molecule has 0 aliphatic carbocycles. The molecule has 0 radical (unpaired) electrons. The van der Waals surface area contributed by atoms with E-state index in [0.29, 0.717) is 24.7 Å². The first kappa shape index (κ1) is 18.5. The predicted molar refractivity (Wildman–Crippen MR) is 94.7 cm³/mol. The number of sulfonamides is 1. The van der Waals surface area contributed by atoms with E-state index in [-0.39, 0.29) is 10.9 Å². The second-order valence-corrected chi connectivity index (χ2v) is 8.18. The zero-order chi connectivity index (χ0) is 17.7. The molecule has 0 aliphatic heterocycles. The summed E-state index contributed by atoms with van der Waals surface area (Å²) in [4.78, 5) is 8.44. The molecule has 6 nitrogen and oxygen atoms in total. The molecule has 0 aliphatic rings. The van der Waals surface area contributed by atoms with Gasteiger partial charge in [0.25, 0.3) is 0 Å². The second kappa shape index (κ2) is 7.83. The molecule has 2 N–H and O–H groups in total. The van der Waals surface area contributed by atoms with Crippen molar-refractivity contribution in [3.63, 3.8) is 0 Å². The van der Waals surface area contributed by atoms with Gasteiger partial charge in [0, 0.05) is 25.2 Å². The summed E-state index contributed by atoms with van der Waals surface area (Å²) in [5, 5.41) is 0. The molecule has 2 rings (SSSR count). The summed E-state index contributed by atoms with van der Waals surface area (Å²) in [6.45, 7) is 4.41. The van der Waals surface area contributed by atoms with Gasteiger partial charge in [0.15, 0.2) is 5.82 Å². The van der Waals surface area contributed by atoms with Crippen LogP contribution in [-0.2, 0) is 10.0 Å². The van der Waals surface area contributed by atoms with E-state index in [2.05, 4.69) is 9.97 Å². The van der Waals surface area contributed by atoms with Crippen molar-refractivity contribution in [2.75, 3.05) is 13.6 Å². The van der Waals surface area contributed by atoms with Crippen molar-refractivity contribution in [1.82, 2.24) is 14.3 Å². The number of nitrogens with two attached hydrogens (primary N) is 1. The van der Waals surface area contributed by atoms with Crippen LogP contribution in [0.15, 0.2) is 47.6 Å². The van der Waals surface area contributed by atoms with Crippen LogP contribution in [0.25, 0.3) is 11.4 Å². The zero-order valence-electron chi connectivity index (χ0n) is 14.3. The summed E-state index contributed by atoms with van der Waals surface area (Å²) < 4.78 is 26.4. The minimum atomic E-state index is -3.61. The van der Waals surface area contributed by atoms with Crippen molar-refractivity contribution in [3.05, 3.63) is 42.7 Å². The molecule has 0 spiro atoms. The van der Waals surface area contributed by atoms with Gasteiger partial charge in [-0.3, -0.25) is 0 Å². The van der Waals surface area contributed by atoms with E-state index >= 15 is 0 Å². The van der Waals surface area contributed by atoms with Crippen LogP contribution >= 0.6 is 0 Å². The lowest BCUT2D eigenvalue weighted by atomic mass is 10.0. The Hall–Kier alpha value is -1.83. The number of rotatable bonds is 7. The SMILES string of the molecule is CC(C)C(N)CCN(C)S(=O)(=O)c1cnc(-c2ccccc2)nc1. The van der Waals surface area contributed by atoms with Crippen molar-refractivity contribution < 1.29 is 8.42 Å². The Labute approximate surface area is 143 Å². The number of benzene rings is 1. The predicted octanol–water partition coefficient (Wildman–Crippen LogP) is 2.14. The van der Waals surface area contributed by atoms with Gasteiger partial charge in [0.05, 0.1) is 12.4 Å². The third-order valence-corrected chi connectivity index (χ3v) is 5.81. The third kappa shape index (κ3) is 4.37. The first-order valence-corrected chi connectivity index (χ1v) is 9.35. The van der Waals surface area contributed by atoms with Crippen molar-refractivity contribution in [1.29, 1.82) is 0 Å². The topological polar surface area (TPSA) is 89.2 Å².